The molecule has 2 N–H and O–H groups in total. The Balaban J connectivity index is 0.00000463. The number of rotatable bonds is 23. The van der Waals surface area contributed by atoms with E-state index in [4.69, 9.17) is 10.2 Å². The van der Waals surface area contributed by atoms with Gasteiger partial charge in [0.1, 0.15) is 0 Å². The Morgan fingerprint density at radius 2 is 0.660 bits per heavy atom. The first kappa shape index (κ1) is 47.9. The van der Waals surface area contributed by atoms with Gasteiger partial charge in [0, 0.05) is 53.0 Å². The number of hydrogen-bond donors (Lipinski definition) is 2. The van der Waals surface area contributed by atoms with Crippen molar-refractivity contribution in [1.29, 1.82) is 0 Å². The Morgan fingerprint density at radius 3 is 0.980 bits per heavy atom. The smallest absolute Gasteiger partial charge is 0.211 e. The van der Waals surface area contributed by atoms with E-state index in [9.17, 15) is 5.53 Å². The predicted octanol–water partition coefficient (Wildman–Crippen LogP) is 13.0. The van der Waals surface area contributed by atoms with Gasteiger partial charge in [0.2, 0.25) is 11.4 Å². The van der Waals surface area contributed by atoms with Gasteiger partial charge in [-0.05, 0) is 124 Å². The van der Waals surface area contributed by atoms with Crippen LogP contribution in [0.3, 0.4) is 0 Å². The molecule has 286 valence electrons. The molecular formula is C45H74N2NiO2. The van der Waals surface area contributed by atoms with Gasteiger partial charge in [-0.25, -0.2) is 4.70 Å². The number of nitrogens with zero attached hydrogens (tertiary/aromatic N) is 2. The number of benzene rings is 2. The molecule has 0 fully saturated rings. The van der Waals surface area contributed by atoms with Crippen molar-refractivity contribution in [3.63, 3.8) is 0 Å². The Bertz CT molecular complexity index is 1280. The maximum absolute atomic E-state index is 12.4. The van der Waals surface area contributed by atoms with E-state index in [0.717, 1.165) is 77.0 Å². The molecule has 0 radical (unpaired) electrons. The normalized spacial score (nSPS) is 12.4. The summed E-state index contributed by atoms with van der Waals surface area (Å²) in [6, 6.07) is 14.5. The van der Waals surface area contributed by atoms with Crippen molar-refractivity contribution >= 4 is 11.4 Å². The van der Waals surface area contributed by atoms with Crippen molar-refractivity contribution in [1.82, 2.24) is 0 Å². The Morgan fingerprint density at radius 1 is 0.400 bits per heavy atom. The Kier molecular flexibility index (Phi) is 28.3. The van der Waals surface area contributed by atoms with Crippen molar-refractivity contribution in [2.75, 3.05) is 14.2 Å². The molecule has 0 bridgehead atoms. The third-order valence-corrected chi connectivity index (χ3v) is 9.60. The molecule has 0 saturated heterocycles. The average molecular weight is 734 g/mol. The Labute approximate surface area is 318 Å². The minimum atomic E-state index is 0. The number of aryl methyl sites for hydroxylation is 4. The van der Waals surface area contributed by atoms with Crippen LogP contribution in [-0.2, 0) is 42.2 Å². The summed E-state index contributed by atoms with van der Waals surface area (Å²) >= 11 is 0. The van der Waals surface area contributed by atoms with Gasteiger partial charge in [-0.1, -0.05) is 111 Å². The van der Waals surface area contributed by atoms with Crippen LogP contribution in [0.1, 0.15) is 184 Å². The first-order valence-corrected chi connectivity index (χ1v) is 20.1. The molecule has 0 unspecified atom stereocenters. The van der Waals surface area contributed by atoms with Crippen LogP contribution in [0, 0.1) is 0 Å². The second kappa shape index (κ2) is 29.5. The van der Waals surface area contributed by atoms with Gasteiger partial charge in [-0.2, -0.15) is 0 Å². The quantitative estimate of drug-likeness (QED) is 0.0678. The van der Waals surface area contributed by atoms with Gasteiger partial charge in [0.25, 0.3) is 0 Å². The molecule has 0 aliphatic carbocycles. The van der Waals surface area contributed by atoms with E-state index in [0.29, 0.717) is 0 Å². The molecule has 0 atom stereocenters. The fourth-order valence-electron chi connectivity index (χ4n) is 6.99. The van der Waals surface area contributed by atoms with Crippen LogP contribution >= 0.6 is 0 Å². The largest absolute Gasteiger partial charge is 0.493 e. The third kappa shape index (κ3) is 15.7. The zero-order chi connectivity index (χ0) is 36.4. The molecule has 5 heteroatoms. The molecule has 1 aliphatic rings. The summed E-state index contributed by atoms with van der Waals surface area (Å²) in [5.41, 5.74) is 25.5. The second-order valence-corrected chi connectivity index (χ2v) is 13.7. The average Bonchev–Trinajstić information content (AvgIpc) is 3.41. The SMILES string of the molecule is CCCCCC1=C(c2cc(CCCC)cc(CCCCC)c2)[N+](=[N-])C(c2cc(CCCC)cc(CCCCC)c2)=C1CCCC.CO.CO.[Ni]. The van der Waals surface area contributed by atoms with Crippen LogP contribution in [0.5, 0.6) is 0 Å². The van der Waals surface area contributed by atoms with Crippen molar-refractivity contribution in [2.24, 2.45) is 0 Å². The molecule has 4 nitrogen and oxygen atoms in total. The van der Waals surface area contributed by atoms with Gasteiger partial charge >= 0.3 is 0 Å². The Hall–Kier alpha value is -2.07. The standard InChI is InChI=1S/C43H66N2.2CH4O.Ni/c1-7-13-19-24-36-28-34(22-16-10-4)30-38(32-36)42-40(26-18-12-6)41(27-21-15-9-3)43(45(42)44)39-31-35(23-17-11-5)29-37(33-39)25-20-14-8-2;2*1-2;/h28-33H,7-27H2,1-6H3;2*2H,1H3;. The van der Waals surface area contributed by atoms with Crippen molar-refractivity contribution in [3.05, 3.63) is 86.5 Å². The van der Waals surface area contributed by atoms with Gasteiger partial charge in [0.15, 0.2) is 0 Å². The van der Waals surface area contributed by atoms with Crippen LogP contribution in [0.4, 0.5) is 0 Å². The topological polar surface area (TPSA) is 65.8 Å². The van der Waals surface area contributed by atoms with Crippen LogP contribution in [0.25, 0.3) is 16.9 Å². The number of unbranched alkanes of at least 4 members (excludes halogenated alkanes) is 9. The summed E-state index contributed by atoms with van der Waals surface area (Å²) < 4.78 is 1.65. The zero-order valence-electron chi connectivity index (χ0n) is 33.4. The monoisotopic (exact) mass is 733 g/mol. The molecule has 1 heterocycles. The minimum absolute atomic E-state index is 0. The summed E-state index contributed by atoms with van der Waals surface area (Å²) in [6.45, 7) is 13.7. The fraction of sp³-hybridized carbons (Fsp3) is 0.644. The van der Waals surface area contributed by atoms with Gasteiger partial charge in [-0.15, -0.1) is 0 Å². The molecule has 0 aromatic heterocycles. The number of aliphatic hydroxyl groups is 2. The van der Waals surface area contributed by atoms with E-state index in [1.807, 2.05) is 0 Å². The first-order valence-electron chi connectivity index (χ1n) is 20.1. The molecule has 2 aromatic carbocycles. The summed E-state index contributed by atoms with van der Waals surface area (Å²) in [6.07, 6.45) is 24.7. The molecule has 0 amide bonds. The van der Waals surface area contributed by atoms with Crippen molar-refractivity contribution in [3.8, 4) is 0 Å². The van der Waals surface area contributed by atoms with Crippen LogP contribution in [0.2, 0.25) is 0 Å². The third-order valence-electron chi connectivity index (χ3n) is 9.60. The van der Waals surface area contributed by atoms with E-state index in [1.54, 1.807) is 4.70 Å². The summed E-state index contributed by atoms with van der Waals surface area (Å²) in [5.74, 6) is 0. The summed E-state index contributed by atoms with van der Waals surface area (Å²) in [5, 5.41) is 14.0. The van der Waals surface area contributed by atoms with E-state index in [2.05, 4.69) is 77.9 Å². The van der Waals surface area contributed by atoms with Crippen LogP contribution in [-0.4, -0.2) is 29.1 Å². The molecule has 3 rings (SSSR count). The molecule has 50 heavy (non-hydrogen) atoms. The molecular weight excluding hydrogens is 659 g/mol. The van der Waals surface area contributed by atoms with E-state index < -0.39 is 0 Å². The molecule has 2 aromatic rings. The maximum Gasteiger partial charge on any atom is 0.211 e. The zero-order valence-corrected chi connectivity index (χ0v) is 34.4. The fourth-order valence-corrected chi connectivity index (χ4v) is 6.99. The van der Waals surface area contributed by atoms with E-state index in [-0.39, 0.29) is 16.5 Å². The van der Waals surface area contributed by atoms with Crippen LogP contribution in [0.15, 0.2) is 47.5 Å². The predicted molar refractivity (Wildman–Crippen MR) is 214 cm³/mol. The molecule has 0 saturated carbocycles. The van der Waals surface area contributed by atoms with Crippen molar-refractivity contribution < 1.29 is 31.4 Å². The summed E-state index contributed by atoms with van der Waals surface area (Å²) in [7, 11) is 2.00. The van der Waals surface area contributed by atoms with Crippen LogP contribution < -0.4 is 0 Å². The van der Waals surface area contributed by atoms with Gasteiger partial charge in [0.05, 0.1) is 0 Å². The minimum Gasteiger partial charge on any atom is -0.493 e. The number of aliphatic hydroxyl groups excluding tert-OH is 2. The maximum atomic E-state index is 12.4. The second-order valence-electron chi connectivity index (χ2n) is 13.7. The molecule has 1 aliphatic heterocycles. The molecule has 0 spiro atoms. The van der Waals surface area contributed by atoms with E-state index in [1.165, 1.54) is 128 Å². The summed E-state index contributed by atoms with van der Waals surface area (Å²) in [4.78, 5) is 0. The number of allylic oxidation sites excluding steroid dienone is 2. The first-order chi connectivity index (χ1) is 24.0. The number of hydrogen-bond acceptors (Lipinski definition) is 2. The van der Waals surface area contributed by atoms with Gasteiger partial charge < -0.3 is 15.7 Å². The van der Waals surface area contributed by atoms with E-state index >= 15 is 0 Å². The van der Waals surface area contributed by atoms with Crippen molar-refractivity contribution in [2.45, 2.75) is 176 Å². The van der Waals surface area contributed by atoms with Gasteiger partial charge in [-0.3, -0.25) is 0 Å².